The van der Waals surface area contributed by atoms with Gasteiger partial charge in [0.25, 0.3) is 0 Å². The molecule has 3 amide bonds. The van der Waals surface area contributed by atoms with Crippen molar-refractivity contribution in [3.05, 3.63) is 24.3 Å². The quantitative estimate of drug-likeness (QED) is 0.839. The van der Waals surface area contributed by atoms with Gasteiger partial charge in [0.1, 0.15) is 0 Å². The van der Waals surface area contributed by atoms with Crippen LogP contribution in [0.1, 0.15) is 12.8 Å². The van der Waals surface area contributed by atoms with Crippen molar-refractivity contribution in [1.82, 2.24) is 10.2 Å². The molecule has 1 heterocycles. The van der Waals surface area contributed by atoms with Gasteiger partial charge >= 0.3 is 12.1 Å². The third kappa shape index (κ3) is 4.30. The Hall–Kier alpha value is -1.89. The number of thioether (sulfide) groups is 1. The minimum Gasteiger partial charge on any atom is -0.453 e. The van der Waals surface area contributed by atoms with E-state index in [1.807, 2.05) is 30.5 Å². The predicted molar refractivity (Wildman–Crippen MR) is 87.4 cm³/mol. The number of amides is 3. The van der Waals surface area contributed by atoms with Gasteiger partial charge in [-0.25, -0.2) is 9.59 Å². The fourth-order valence-corrected chi connectivity index (χ4v) is 3.04. The first-order chi connectivity index (χ1) is 10.6. The molecule has 1 atom stereocenters. The first-order valence-corrected chi connectivity index (χ1v) is 8.40. The van der Waals surface area contributed by atoms with Crippen molar-refractivity contribution in [2.24, 2.45) is 0 Å². The van der Waals surface area contributed by atoms with Crippen LogP contribution < -0.4 is 10.6 Å². The molecule has 0 aromatic heterocycles. The number of nitrogens with zero attached hydrogens (tertiary/aromatic N) is 1. The summed E-state index contributed by atoms with van der Waals surface area (Å²) in [5.74, 6) is 0. The van der Waals surface area contributed by atoms with E-state index in [1.165, 1.54) is 7.11 Å². The number of methoxy groups -OCH3 is 1. The highest BCUT2D eigenvalue weighted by molar-refractivity contribution is 7.98. The number of carbonyl (C=O) groups is 2. The average Bonchev–Trinajstić information content (AvgIpc) is 2.54. The number of nitrogens with one attached hydrogen (secondary N) is 2. The topological polar surface area (TPSA) is 70.7 Å². The molecule has 7 heteroatoms. The van der Waals surface area contributed by atoms with Gasteiger partial charge in [-0.3, -0.25) is 0 Å². The number of benzene rings is 1. The molecule has 1 unspecified atom stereocenters. The molecule has 1 fully saturated rings. The van der Waals surface area contributed by atoms with Crippen molar-refractivity contribution >= 4 is 29.6 Å². The molecule has 1 aromatic carbocycles. The van der Waals surface area contributed by atoms with E-state index in [4.69, 9.17) is 4.74 Å². The Labute approximate surface area is 134 Å². The zero-order valence-electron chi connectivity index (χ0n) is 12.8. The van der Waals surface area contributed by atoms with Gasteiger partial charge in [-0.05, 0) is 31.2 Å². The van der Waals surface area contributed by atoms with E-state index < -0.39 is 0 Å². The monoisotopic (exact) mass is 323 g/mol. The lowest BCUT2D eigenvalue weighted by atomic mass is 10.1. The summed E-state index contributed by atoms with van der Waals surface area (Å²) in [5, 5.41) is 5.78. The molecule has 0 spiro atoms. The number of hydrogen-bond acceptors (Lipinski definition) is 4. The van der Waals surface area contributed by atoms with Crippen LogP contribution in [0.25, 0.3) is 0 Å². The Morgan fingerprint density at radius 3 is 2.86 bits per heavy atom. The van der Waals surface area contributed by atoms with E-state index in [2.05, 4.69) is 10.6 Å². The van der Waals surface area contributed by atoms with Crippen LogP contribution in [0.2, 0.25) is 0 Å². The smallest absolute Gasteiger partial charge is 0.409 e. The molecule has 0 radical (unpaired) electrons. The van der Waals surface area contributed by atoms with Gasteiger partial charge in [0, 0.05) is 24.0 Å². The lowest BCUT2D eigenvalue weighted by Crippen LogP contribution is -2.50. The number of urea groups is 1. The molecule has 0 saturated carbocycles. The third-order valence-electron chi connectivity index (χ3n) is 3.54. The summed E-state index contributed by atoms with van der Waals surface area (Å²) in [6, 6.07) is 7.33. The van der Waals surface area contributed by atoms with Crippen molar-refractivity contribution < 1.29 is 14.3 Å². The lowest BCUT2D eigenvalue weighted by Gasteiger charge is -2.32. The van der Waals surface area contributed by atoms with Gasteiger partial charge in [0.2, 0.25) is 0 Å². The molecule has 0 aliphatic carbocycles. The number of anilines is 1. The number of ether oxygens (including phenoxy) is 1. The van der Waals surface area contributed by atoms with Gasteiger partial charge < -0.3 is 20.3 Å². The second-order valence-electron chi connectivity index (χ2n) is 5.05. The summed E-state index contributed by atoms with van der Waals surface area (Å²) in [5.41, 5.74) is 0.785. The van der Waals surface area contributed by atoms with E-state index in [1.54, 1.807) is 16.7 Å². The fraction of sp³-hybridized carbons (Fsp3) is 0.467. The van der Waals surface area contributed by atoms with Gasteiger partial charge in [0.15, 0.2) is 0 Å². The molecule has 1 saturated heterocycles. The van der Waals surface area contributed by atoms with Crippen LogP contribution in [-0.2, 0) is 4.74 Å². The minimum absolute atomic E-state index is 0.0608. The highest BCUT2D eigenvalue weighted by Crippen LogP contribution is 2.24. The van der Waals surface area contributed by atoms with Crippen molar-refractivity contribution in [2.45, 2.75) is 23.8 Å². The van der Waals surface area contributed by atoms with Crippen LogP contribution in [0.3, 0.4) is 0 Å². The van der Waals surface area contributed by atoms with Gasteiger partial charge in [-0.15, -0.1) is 11.8 Å². The zero-order valence-corrected chi connectivity index (χ0v) is 13.6. The molecule has 2 rings (SSSR count). The second kappa shape index (κ2) is 7.93. The summed E-state index contributed by atoms with van der Waals surface area (Å²) < 4.78 is 4.72. The minimum atomic E-state index is -0.348. The molecule has 1 aliphatic rings. The molecule has 1 aliphatic heterocycles. The van der Waals surface area contributed by atoms with Gasteiger partial charge in [0.05, 0.1) is 12.8 Å². The van der Waals surface area contributed by atoms with Crippen molar-refractivity contribution in [2.75, 3.05) is 31.8 Å². The Morgan fingerprint density at radius 1 is 1.36 bits per heavy atom. The van der Waals surface area contributed by atoms with Crippen LogP contribution in [0.5, 0.6) is 0 Å². The number of rotatable bonds is 3. The summed E-state index contributed by atoms with van der Waals surface area (Å²) in [4.78, 5) is 26.3. The SMILES string of the molecule is COC(=O)N1CCCC(NC(=O)Nc2ccccc2SC)C1. The average molecular weight is 323 g/mol. The normalized spacial score (nSPS) is 17.7. The molecule has 1 aromatic rings. The molecular formula is C15H21N3O3S. The molecule has 22 heavy (non-hydrogen) atoms. The molecule has 120 valence electrons. The zero-order chi connectivity index (χ0) is 15.9. The standard InChI is InChI=1S/C15H21N3O3S/c1-21-15(20)18-9-5-6-11(10-18)16-14(19)17-12-7-3-4-8-13(12)22-2/h3-4,7-8,11H,5-6,9-10H2,1-2H3,(H2,16,17,19). The summed E-state index contributed by atoms with van der Waals surface area (Å²) in [6.45, 7) is 1.14. The maximum absolute atomic E-state index is 12.1. The highest BCUT2D eigenvalue weighted by Gasteiger charge is 2.25. The maximum Gasteiger partial charge on any atom is 0.409 e. The van der Waals surface area contributed by atoms with Gasteiger partial charge in [-0.2, -0.15) is 0 Å². The third-order valence-corrected chi connectivity index (χ3v) is 4.34. The number of hydrogen-bond donors (Lipinski definition) is 2. The number of para-hydroxylation sites is 1. The largest absolute Gasteiger partial charge is 0.453 e. The van der Waals surface area contributed by atoms with Crippen LogP contribution in [0.15, 0.2) is 29.2 Å². The van der Waals surface area contributed by atoms with E-state index in [9.17, 15) is 9.59 Å². The fourth-order valence-electron chi connectivity index (χ4n) is 2.48. The Morgan fingerprint density at radius 2 is 2.14 bits per heavy atom. The number of likely N-dealkylation sites (tertiary alicyclic amines) is 1. The molecule has 2 N–H and O–H groups in total. The Balaban J connectivity index is 1.90. The maximum atomic E-state index is 12.1. The highest BCUT2D eigenvalue weighted by atomic mass is 32.2. The van der Waals surface area contributed by atoms with E-state index in [-0.39, 0.29) is 18.2 Å². The van der Waals surface area contributed by atoms with Crippen molar-refractivity contribution in [3.63, 3.8) is 0 Å². The van der Waals surface area contributed by atoms with Crippen molar-refractivity contribution in [1.29, 1.82) is 0 Å². The van der Waals surface area contributed by atoms with E-state index >= 15 is 0 Å². The Bertz CT molecular complexity index is 539. The van der Waals surface area contributed by atoms with E-state index in [0.717, 1.165) is 23.4 Å². The number of carbonyl (C=O) groups excluding carboxylic acids is 2. The second-order valence-corrected chi connectivity index (χ2v) is 5.90. The molecular weight excluding hydrogens is 302 g/mol. The lowest BCUT2D eigenvalue weighted by molar-refractivity contribution is 0.108. The van der Waals surface area contributed by atoms with Crippen LogP contribution in [-0.4, -0.2) is 49.5 Å². The molecule has 0 bridgehead atoms. The predicted octanol–water partition coefficient (Wildman–Crippen LogP) is 2.76. The first kappa shape index (κ1) is 16.5. The van der Waals surface area contributed by atoms with E-state index in [0.29, 0.717) is 13.1 Å². The van der Waals surface area contributed by atoms with Crippen LogP contribution in [0.4, 0.5) is 15.3 Å². The number of piperidine rings is 1. The van der Waals surface area contributed by atoms with Crippen molar-refractivity contribution in [3.8, 4) is 0 Å². The summed E-state index contributed by atoms with van der Waals surface area (Å²) >= 11 is 1.58. The van der Waals surface area contributed by atoms with Gasteiger partial charge in [-0.1, -0.05) is 12.1 Å². The first-order valence-electron chi connectivity index (χ1n) is 7.17. The molecule has 6 nitrogen and oxygen atoms in total. The van der Waals surface area contributed by atoms with Crippen LogP contribution >= 0.6 is 11.8 Å². The summed E-state index contributed by atoms with van der Waals surface area (Å²) in [7, 11) is 1.37. The Kier molecular flexibility index (Phi) is 5.94. The van der Waals surface area contributed by atoms with Crippen LogP contribution in [0, 0.1) is 0 Å². The summed E-state index contributed by atoms with van der Waals surface area (Å²) in [6.07, 6.45) is 3.32.